The Morgan fingerprint density at radius 3 is 2.76 bits per heavy atom. The summed E-state index contributed by atoms with van der Waals surface area (Å²) in [6, 6.07) is 12.1. The second kappa shape index (κ2) is 8.62. The molecule has 0 radical (unpaired) electrons. The molecule has 168 valence electrons. The van der Waals surface area contributed by atoms with Gasteiger partial charge in [0.25, 0.3) is 0 Å². The lowest BCUT2D eigenvalue weighted by atomic mass is 10.2. The standard InChI is InChI=1S/C21H16F2N6O3S/c1-11-24-19-13-5-3-4-6-14(13)25-21(29(19)27-11)33-10-17-26-18(28-32-17)12-7-8-15(31-20(22)23)16(9-12)30-2/h3-9,20H,10H2,1-2H3. The lowest BCUT2D eigenvalue weighted by Crippen LogP contribution is -2.03. The lowest BCUT2D eigenvalue weighted by molar-refractivity contribution is -0.0512. The molecule has 0 saturated heterocycles. The maximum absolute atomic E-state index is 12.5. The molecule has 2 aromatic carbocycles. The van der Waals surface area contributed by atoms with E-state index in [1.807, 2.05) is 31.2 Å². The summed E-state index contributed by atoms with van der Waals surface area (Å²) in [5, 5.41) is 9.99. The smallest absolute Gasteiger partial charge is 0.387 e. The SMILES string of the molecule is COc1cc(-c2noc(CSc3nc4ccccc4c4nc(C)nn34)n2)ccc1OC(F)F. The minimum atomic E-state index is -2.96. The molecule has 9 nitrogen and oxygen atoms in total. The van der Waals surface area contributed by atoms with Crippen molar-refractivity contribution in [2.24, 2.45) is 0 Å². The molecule has 3 aromatic heterocycles. The van der Waals surface area contributed by atoms with Crippen LogP contribution < -0.4 is 9.47 Å². The van der Waals surface area contributed by atoms with Crippen LogP contribution >= 0.6 is 11.8 Å². The third-order valence-electron chi connectivity index (χ3n) is 4.69. The number of rotatable bonds is 7. The van der Waals surface area contributed by atoms with Crippen LogP contribution in [0.1, 0.15) is 11.7 Å². The molecule has 0 aliphatic rings. The van der Waals surface area contributed by atoms with Crippen molar-refractivity contribution in [2.75, 3.05) is 7.11 Å². The van der Waals surface area contributed by atoms with Gasteiger partial charge in [0.1, 0.15) is 5.82 Å². The molecular weight excluding hydrogens is 454 g/mol. The van der Waals surface area contributed by atoms with Crippen molar-refractivity contribution in [2.45, 2.75) is 24.4 Å². The van der Waals surface area contributed by atoms with Gasteiger partial charge in [-0.1, -0.05) is 29.1 Å². The van der Waals surface area contributed by atoms with Crippen molar-refractivity contribution in [3.63, 3.8) is 0 Å². The molecule has 0 unspecified atom stereocenters. The molecule has 0 amide bonds. The van der Waals surface area contributed by atoms with Gasteiger partial charge in [-0.3, -0.25) is 0 Å². The van der Waals surface area contributed by atoms with E-state index in [9.17, 15) is 8.78 Å². The van der Waals surface area contributed by atoms with E-state index in [1.165, 1.54) is 31.0 Å². The molecule has 0 aliphatic heterocycles. The van der Waals surface area contributed by atoms with Crippen molar-refractivity contribution < 1.29 is 22.8 Å². The van der Waals surface area contributed by atoms with Crippen LogP contribution in [-0.2, 0) is 5.75 Å². The van der Waals surface area contributed by atoms with Gasteiger partial charge in [-0.25, -0.2) is 9.97 Å². The second-order valence-corrected chi connectivity index (χ2v) is 7.79. The van der Waals surface area contributed by atoms with Crippen molar-refractivity contribution in [1.82, 2.24) is 29.7 Å². The molecule has 5 aromatic rings. The fraction of sp³-hybridized carbons (Fsp3) is 0.190. The summed E-state index contributed by atoms with van der Waals surface area (Å²) < 4.78 is 41.7. The van der Waals surface area contributed by atoms with E-state index in [4.69, 9.17) is 14.2 Å². The number of hydrogen-bond donors (Lipinski definition) is 0. The largest absolute Gasteiger partial charge is 0.493 e. The Morgan fingerprint density at radius 2 is 1.94 bits per heavy atom. The molecule has 33 heavy (non-hydrogen) atoms. The number of methoxy groups -OCH3 is 1. The molecule has 0 spiro atoms. The van der Waals surface area contributed by atoms with Crippen LogP contribution in [0.25, 0.3) is 27.9 Å². The summed E-state index contributed by atoms with van der Waals surface area (Å²) in [6.45, 7) is -1.13. The van der Waals surface area contributed by atoms with Gasteiger partial charge in [-0.05, 0) is 37.3 Å². The predicted molar refractivity (Wildman–Crippen MR) is 116 cm³/mol. The molecule has 0 N–H and O–H groups in total. The van der Waals surface area contributed by atoms with E-state index in [2.05, 4.69) is 25.0 Å². The number of hydrogen-bond acceptors (Lipinski definition) is 9. The van der Waals surface area contributed by atoms with Gasteiger partial charge >= 0.3 is 6.61 Å². The van der Waals surface area contributed by atoms with Crippen molar-refractivity contribution in [1.29, 1.82) is 0 Å². The quantitative estimate of drug-likeness (QED) is 0.251. The average Bonchev–Trinajstić information content (AvgIpc) is 3.44. The number of alkyl halides is 2. The maximum Gasteiger partial charge on any atom is 0.387 e. The topological polar surface area (TPSA) is 100 Å². The summed E-state index contributed by atoms with van der Waals surface area (Å²) in [4.78, 5) is 13.6. The number of halogens is 2. The number of aromatic nitrogens is 6. The van der Waals surface area contributed by atoms with Crippen LogP contribution in [-0.4, -0.2) is 43.4 Å². The number of aryl methyl sites for hydroxylation is 1. The summed E-state index contributed by atoms with van der Waals surface area (Å²) >= 11 is 1.38. The minimum Gasteiger partial charge on any atom is -0.493 e. The van der Waals surface area contributed by atoms with Gasteiger partial charge in [0, 0.05) is 10.9 Å². The van der Waals surface area contributed by atoms with Crippen LogP contribution in [0.5, 0.6) is 11.5 Å². The Morgan fingerprint density at radius 1 is 1.09 bits per heavy atom. The first-order chi connectivity index (χ1) is 16.0. The highest BCUT2D eigenvalue weighted by Crippen LogP contribution is 2.33. The first-order valence-electron chi connectivity index (χ1n) is 9.72. The van der Waals surface area contributed by atoms with Crippen molar-refractivity contribution in [3.8, 4) is 22.9 Å². The molecule has 0 fully saturated rings. The summed E-state index contributed by atoms with van der Waals surface area (Å²) in [5.74, 6) is 1.70. The van der Waals surface area contributed by atoms with Gasteiger partial charge in [0.15, 0.2) is 22.3 Å². The summed E-state index contributed by atoms with van der Waals surface area (Å²) in [7, 11) is 1.36. The summed E-state index contributed by atoms with van der Waals surface area (Å²) in [6.07, 6.45) is 0. The zero-order chi connectivity index (χ0) is 22.9. The van der Waals surface area contributed by atoms with Gasteiger partial charge in [-0.15, -0.1) is 5.10 Å². The molecule has 0 atom stereocenters. The third-order valence-corrected chi connectivity index (χ3v) is 5.60. The average molecular weight is 470 g/mol. The number of thioether (sulfide) groups is 1. The van der Waals surface area contributed by atoms with Crippen LogP contribution in [0.15, 0.2) is 52.1 Å². The fourth-order valence-electron chi connectivity index (χ4n) is 3.28. The highest BCUT2D eigenvalue weighted by molar-refractivity contribution is 7.98. The normalized spacial score (nSPS) is 11.5. The Bertz CT molecular complexity index is 1460. The van der Waals surface area contributed by atoms with Gasteiger partial charge in [-0.2, -0.15) is 18.3 Å². The number of fused-ring (bicyclic) bond motifs is 3. The lowest BCUT2D eigenvalue weighted by Gasteiger charge is -2.10. The van der Waals surface area contributed by atoms with Crippen LogP contribution in [0.2, 0.25) is 0 Å². The number of benzene rings is 2. The van der Waals surface area contributed by atoms with E-state index in [0.717, 1.165) is 16.6 Å². The predicted octanol–water partition coefficient (Wildman–Crippen LogP) is 4.54. The van der Waals surface area contributed by atoms with E-state index in [1.54, 1.807) is 10.6 Å². The Hall–Kier alpha value is -3.80. The highest BCUT2D eigenvalue weighted by Gasteiger charge is 2.17. The zero-order valence-electron chi connectivity index (χ0n) is 17.4. The van der Waals surface area contributed by atoms with E-state index in [0.29, 0.717) is 34.0 Å². The van der Waals surface area contributed by atoms with Crippen LogP contribution in [0, 0.1) is 6.92 Å². The molecule has 5 rings (SSSR count). The molecule has 3 heterocycles. The van der Waals surface area contributed by atoms with Gasteiger partial charge in [0.2, 0.25) is 11.7 Å². The Labute approximate surface area is 189 Å². The van der Waals surface area contributed by atoms with Crippen molar-refractivity contribution in [3.05, 3.63) is 54.2 Å². The third kappa shape index (κ3) is 4.16. The van der Waals surface area contributed by atoms with Gasteiger partial charge < -0.3 is 14.0 Å². The zero-order valence-corrected chi connectivity index (χ0v) is 18.2. The van der Waals surface area contributed by atoms with Crippen molar-refractivity contribution >= 4 is 28.3 Å². The second-order valence-electron chi connectivity index (χ2n) is 6.85. The van der Waals surface area contributed by atoms with E-state index < -0.39 is 6.61 Å². The molecule has 12 heteroatoms. The van der Waals surface area contributed by atoms with Gasteiger partial charge in [0.05, 0.1) is 18.4 Å². The number of para-hydroxylation sites is 1. The molecular formula is C21H16F2N6O3S. The monoisotopic (exact) mass is 470 g/mol. The molecule has 0 saturated carbocycles. The Balaban J connectivity index is 1.39. The summed E-state index contributed by atoms with van der Waals surface area (Å²) in [5.41, 5.74) is 2.07. The first kappa shape index (κ1) is 21.1. The first-order valence-corrected chi connectivity index (χ1v) is 10.7. The molecule has 0 aliphatic carbocycles. The maximum atomic E-state index is 12.5. The molecule has 0 bridgehead atoms. The van der Waals surface area contributed by atoms with E-state index in [-0.39, 0.29) is 11.5 Å². The van der Waals surface area contributed by atoms with E-state index >= 15 is 0 Å². The highest BCUT2D eigenvalue weighted by atomic mass is 32.2. The van der Waals surface area contributed by atoms with Crippen LogP contribution in [0.3, 0.4) is 0 Å². The fourth-order valence-corrected chi connectivity index (χ4v) is 4.07. The van der Waals surface area contributed by atoms with Crippen LogP contribution in [0.4, 0.5) is 8.78 Å². The minimum absolute atomic E-state index is 0.0787. The number of nitrogens with zero attached hydrogens (tertiary/aromatic N) is 6. The Kier molecular flexibility index (Phi) is 5.50. The number of ether oxygens (including phenoxy) is 2.